The number of piperazine rings is 3. The van der Waals surface area contributed by atoms with Crippen molar-refractivity contribution in [3.63, 3.8) is 0 Å². The van der Waals surface area contributed by atoms with E-state index in [1.54, 1.807) is 6.92 Å². The summed E-state index contributed by atoms with van der Waals surface area (Å²) < 4.78 is 3.70. The number of thiazole rings is 1. The molecular weight excluding hydrogens is 574 g/mol. The molecule has 3 N–H and O–H groups in total. The number of aliphatic hydroxyl groups excluding tert-OH is 1. The maximum Gasteiger partial charge on any atom is 0.272 e. The maximum atomic E-state index is 12.6. The van der Waals surface area contributed by atoms with E-state index in [0.717, 1.165) is 75.8 Å². The van der Waals surface area contributed by atoms with Crippen LogP contribution in [-0.2, 0) is 20.8 Å². The Labute approximate surface area is 247 Å². The molecule has 13 heteroatoms. The molecule has 7 rings (SSSR count). The van der Waals surface area contributed by atoms with Gasteiger partial charge in [0.2, 0.25) is 5.91 Å². The quantitative estimate of drug-likeness (QED) is 0.228. The fourth-order valence-electron chi connectivity index (χ4n) is 7.11. The molecule has 6 heterocycles. The number of β-lactam (4-membered cyclic amide) rings is 1. The highest BCUT2D eigenvalue weighted by molar-refractivity contribution is 8.04. The second-order valence-corrected chi connectivity index (χ2v) is 14.1. The summed E-state index contributed by atoms with van der Waals surface area (Å²) in [7, 11) is 0. The van der Waals surface area contributed by atoms with E-state index in [2.05, 4.69) is 18.2 Å². The highest BCUT2D eigenvalue weighted by Gasteiger charge is 2.59. The molecule has 1 aromatic heterocycles. The monoisotopic (exact) mass is 607 g/mol. The Bertz CT molecular complexity index is 1390. The first-order valence-electron chi connectivity index (χ1n) is 13.5. The first-order chi connectivity index (χ1) is 18.5. The van der Waals surface area contributed by atoms with E-state index in [-0.39, 0.29) is 41.9 Å². The van der Waals surface area contributed by atoms with Crippen LogP contribution in [0.2, 0.25) is 0 Å². The molecule has 216 valence electrons. The van der Waals surface area contributed by atoms with E-state index >= 15 is 0 Å². The molecule has 40 heavy (non-hydrogen) atoms. The van der Waals surface area contributed by atoms with Crippen molar-refractivity contribution in [3.8, 4) is 0 Å². The largest absolute Gasteiger partial charge is 1.00 e. The van der Waals surface area contributed by atoms with Crippen molar-refractivity contribution in [2.75, 3.05) is 52.4 Å². The normalized spacial score (nSPS) is 31.6. The number of carbonyl (C=O) groups excluding carboxylic acids is 3. The van der Waals surface area contributed by atoms with Crippen molar-refractivity contribution in [2.24, 2.45) is 17.6 Å². The van der Waals surface area contributed by atoms with Crippen molar-refractivity contribution >= 4 is 51.1 Å². The van der Waals surface area contributed by atoms with Crippen LogP contribution in [0.25, 0.3) is 10.2 Å². The smallest absolute Gasteiger partial charge is 0.272 e. The van der Waals surface area contributed by atoms with Gasteiger partial charge in [0, 0.05) is 17.2 Å². The van der Waals surface area contributed by atoms with Gasteiger partial charge >= 0.3 is 0 Å². The zero-order valence-corrected chi connectivity index (χ0v) is 24.9. The molecule has 10 nitrogen and oxygen atoms in total. The lowest BCUT2D eigenvalue weighted by Gasteiger charge is -2.55. The number of rotatable bonds is 9. The SMILES string of the molecule is C[C@@H](O)[C@H]1C(=O)N2C(C(=O)[O-])=C(Sc3nc4cc(CC[N+]56CC[N+](CC(N)=O)(CC5)CC6)ccc4s3)[C@H](C)[C@H]12.[Cl-]. The molecule has 0 saturated carbocycles. The van der Waals surface area contributed by atoms with Crippen molar-refractivity contribution < 1.29 is 46.0 Å². The molecule has 2 amide bonds. The molecule has 5 aliphatic rings. The van der Waals surface area contributed by atoms with E-state index in [1.807, 2.05) is 6.92 Å². The van der Waals surface area contributed by atoms with Gasteiger partial charge < -0.3 is 47.0 Å². The van der Waals surface area contributed by atoms with E-state index in [1.165, 1.54) is 33.6 Å². The number of benzene rings is 1. The Balaban J connectivity index is 0.00000323. The second-order valence-electron chi connectivity index (χ2n) is 11.8. The third-order valence-electron chi connectivity index (χ3n) is 9.44. The Morgan fingerprint density at radius 2 is 1.88 bits per heavy atom. The van der Waals surface area contributed by atoms with Crippen LogP contribution in [0.1, 0.15) is 19.4 Å². The summed E-state index contributed by atoms with van der Waals surface area (Å²) in [6, 6.07) is 5.99. The third-order valence-corrected chi connectivity index (χ3v) is 11.8. The predicted molar refractivity (Wildman–Crippen MR) is 145 cm³/mol. The number of amides is 2. The van der Waals surface area contributed by atoms with Gasteiger partial charge in [-0.2, -0.15) is 0 Å². The zero-order chi connectivity index (χ0) is 27.7. The molecule has 0 radical (unpaired) electrons. The molecule has 4 fully saturated rings. The number of nitrogens with two attached hydrogens (primary N) is 1. The van der Waals surface area contributed by atoms with Crippen LogP contribution in [0.15, 0.2) is 33.1 Å². The van der Waals surface area contributed by atoms with Gasteiger partial charge in [-0.1, -0.05) is 24.8 Å². The first kappa shape index (κ1) is 29.3. The number of carbonyl (C=O) groups is 3. The summed E-state index contributed by atoms with van der Waals surface area (Å²) >= 11 is 2.80. The van der Waals surface area contributed by atoms with E-state index in [9.17, 15) is 24.6 Å². The molecule has 0 unspecified atom stereocenters. The zero-order valence-electron chi connectivity index (χ0n) is 22.5. The molecule has 4 atom stereocenters. The lowest BCUT2D eigenvalue weighted by Crippen LogP contribution is -3.00. The number of aromatic nitrogens is 1. The number of aliphatic hydroxyl groups is 1. The summed E-state index contributed by atoms with van der Waals surface area (Å²) in [4.78, 5) is 42.8. The van der Waals surface area contributed by atoms with E-state index in [0.29, 0.717) is 11.4 Å². The number of primary amides is 1. The minimum absolute atomic E-state index is 0. The highest BCUT2D eigenvalue weighted by atomic mass is 35.5. The second kappa shape index (κ2) is 10.6. The third kappa shape index (κ3) is 4.82. The minimum Gasteiger partial charge on any atom is -1.00 e. The van der Waals surface area contributed by atoms with Crippen molar-refractivity contribution in [3.05, 3.63) is 34.4 Å². The number of aliphatic carboxylic acids is 1. The van der Waals surface area contributed by atoms with Gasteiger partial charge in [-0.25, -0.2) is 4.98 Å². The lowest BCUT2D eigenvalue weighted by molar-refractivity contribution is -1.08. The summed E-state index contributed by atoms with van der Waals surface area (Å²) in [5.74, 6) is -2.78. The number of carboxylic acid groups (broad SMARTS) is 1. The summed E-state index contributed by atoms with van der Waals surface area (Å²) in [6.45, 7) is 11.3. The van der Waals surface area contributed by atoms with Crippen LogP contribution in [0.3, 0.4) is 0 Å². The fourth-order valence-corrected chi connectivity index (χ4v) is 9.42. The summed E-state index contributed by atoms with van der Waals surface area (Å²) in [6.07, 6.45) is 0.106. The molecular formula is C27H34ClN5O5S2. The van der Waals surface area contributed by atoms with Gasteiger partial charge in [0.1, 0.15) is 39.3 Å². The van der Waals surface area contributed by atoms with Crippen LogP contribution in [0, 0.1) is 11.8 Å². The number of thioether (sulfide) groups is 1. The Morgan fingerprint density at radius 1 is 1.23 bits per heavy atom. The standard InChI is InChI=1S/C27H33N5O5S2.ClH/c1-15-22-21(16(2)33)25(35)30(22)23(26(36)37)24(15)39-27-29-18-13-17(3-4-19(18)38-27)5-6-31-7-10-32(11-8-31,12-9-31)14-20(28)34;/h3-4,13,15-16,21-22,33H,5-12,14H2,1-2H3,(H-2,28,34,36,37);1H/t15-,16-,21-,22-,31?,32?;/m1./s1. The topological polar surface area (TPSA) is 137 Å². The van der Waals surface area contributed by atoms with Crippen molar-refractivity contribution in [2.45, 2.75) is 36.8 Å². The van der Waals surface area contributed by atoms with Gasteiger partial charge in [0.05, 0.1) is 46.5 Å². The first-order valence-corrected chi connectivity index (χ1v) is 15.2. The molecule has 5 aliphatic heterocycles. The van der Waals surface area contributed by atoms with Crippen molar-refractivity contribution in [1.82, 2.24) is 9.88 Å². The lowest BCUT2D eigenvalue weighted by atomic mass is 9.79. The van der Waals surface area contributed by atoms with E-state index < -0.39 is 18.0 Å². The average Bonchev–Trinajstić information content (AvgIpc) is 3.39. The number of nitrogens with zero attached hydrogens (tertiary/aromatic N) is 4. The number of hydrogen-bond acceptors (Lipinski definition) is 8. The summed E-state index contributed by atoms with van der Waals surface area (Å²) in [5, 5.41) is 22.1. The van der Waals surface area contributed by atoms with Gasteiger partial charge in [-0.05, 0) is 24.6 Å². The van der Waals surface area contributed by atoms with Gasteiger partial charge in [-0.3, -0.25) is 9.59 Å². The van der Waals surface area contributed by atoms with Crippen LogP contribution < -0.4 is 23.2 Å². The number of quaternary nitrogens is 2. The Morgan fingerprint density at radius 3 is 2.48 bits per heavy atom. The number of carboxylic acids is 1. The molecule has 2 bridgehead atoms. The van der Waals surface area contributed by atoms with E-state index in [4.69, 9.17) is 10.7 Å². The van der Waals surface area contributed by atoms with Crippen molar-refractivity contribution in [1.29, 1.82) is 0 Å². The van der Waals surface area contributed by atoms with Crippen LogP contribution in [0.5, 0.6) is 0 Å². The fraction of sp³-hybridized carbons (Fsp3) is 0.556. The van der Waals surface area contributed by atoms with Crippen LogP contribution >= 0.6 is 23.1 Å². The highest BCUT2D eigenvalue weighted by Crippen LogP contribution is 2.52. The van der Waals surface area contributed by atoms with Gasteiger partial charge in [-0.15, -0.1) is 11.3 Å². The minimum atomic E-state index is -1.37. The van der Waals surface area contributed by atoms with Crippen LogP contribution in [0.4, 0.5) is 0 Å². The molecule has 2 aromatic rings. The Kier molecular flexibility index (Phi) is 7.73. The number of fused-ring (bicyclic) bond motifs is 5. The predicted octanol–water partition coefficient (Wildman–Crippen LogP) is -3.10. The average molecular weight is 608 g/mol. The van der Waals surface area contributed by atoms with Gasteiger partial charge in [0.15, 0.2) is 10.9 Å². The number of halogens is 1. The molecule has 0 aliphatic carbocycles. The molecule has 1 aromatic carbocycles. The summed E-state index contributed by atoms with van der Waals surface area (Å²) in [5.41, 5.74) is 7.53. The van der Waals surface area contributed by atoms with Gasteiger partial charge in [0.25, 0.3) is 5.91 Å². The number of hydrogen-bond donors (Lipinski definition) is 2. The molecule has 4 saturated heterocycles. The maximum absolute atomic E-state index is 12.6. The van der Waals surface area contributed by atoms with Crippen LogP contribution in [-0.4, -0.2) is 106 Å². The Hall–Kier alpha value is -2.22. The molecule has 0 spiro atoms.